The van der Waals surface area contributed by atoms with Crippen LogP contribution in [0, 0.1) is 0 Å². The van der Waals surface area contributed by atoms with E-state index in [2.05, 4.69) is 82.4 Å². The molecular weight excluding hydrogens is 1020 g/mol. The quantitative estimate of drug-likeness (QED) is 0.0119. The summed E-state index contributed by atoms with van der Waals surface area (Å²) in [7, 11) is 0. The highest BCUT2D eigenvalue weighted by Gasteiger charge is 2.34. The van der Waals surface area contributed by atoms with Crippen LogP contribution in [0.1, 0.15) is 56.6 Å². The first kappa shape index (κ1) is 62.5. The van der Waals surface area contributed by atoms with Crippen molar-refractivity contribution in [2.75, 3.05) is 31.1 Å². The first-order valence-corrected chi connectivity index (χ1v) is 25.5. The minimum atomic E-state index is -1.41. The number of amides is 7. The third-order valence-electron chi connectivity index (χ3n) is 11.5. The molecule has 0 aliphatic heterocycles. The van der Waals surface area contributed by atoms with Crippen LogP contribution in [-0.4, -0.2) is 155 Å². The van der Waals surface area contributed by atoms with E-state index in [9.17, 15) is 43.5 Å². The third-order valence-corrected chi connectivity index (χ3v) is 12.2. The maximum absolute atomic E-state index is 14.6. The summed E-state index contributed by atoms with van der Waals surface area (Å²) >= 11 is 8.25. The van der Waals surface area contributed by atoms with Gasteiger partial charge in [0, 0.05) is 61.1 Å². The Labute approximate surface area is 450 Å². The number of aliphatic imine (C=N–C) groups is 3. The molecule has 8 atom stereocenters. The molecule has 2 aromatic carbocycles. The number of fused-ring (bicyclic) bond motifs is 1. The first-order chi connectivity index (χ1) is 36.1. The molecule has 1 aromatic heterocycles. The summed E-state index contributed by atoms with van der Waals surface area (Å²) in [5.74, 6) is -7.99. The summed E-state index contributed by atoms with van der Waals surface area (Å²) in [5, 5.41) is 28.6. The fourth-order valence-corrected chi connectivity index (χ4v) is 7.91. The minimum Gasteiger partial charge on any atom is -0.480 e. The van der Waals surface area contributed by atoms with Gasteiger partial charge >= 0.3 is 5.97 Å². The molecular formula is C47H72N18O9S2. The molecule has 0 spiro atoms. The van der Waals surface area contributed by atoms with Crippen LogP contribution < -0.4 is 77.4 Å². The van der Waals surface area contributed by atoms with Gasteiger partial charge in [-0.3, -0.25) is 48.5 Å². The summed E-state index contributed by atoms with van der Waals surface area (Å²) in [6.07, 6.45) is 2.14. The molecule has 7 amide bonds. The Morgan fingerprint density at radius 3 is 1.46 bits per heavy atom. The zero-order chi connectivity index (χ0) is 56.3. The molecule has 76 heavy (non-hydrogen) atoms. The van der Waals surface area contributed by atoms with Gasteiger partial charge in [0.05, 0.1) is 6.04 Å². The number of thiol groups is 2. The van der Waals surface area contributed by atoms with Gasteiger partial charge in [-0.15, -0.1) is 0 Å². The number of hydrogen-bond acceptors (Lipinski definition) is 14. The van der Waals surface area contributed by atoms with Crippen LogP contribution in [0.5, 0.6) is 0 Å². The zero-order valence-corrected chi connectivity index (χ0v) is 43.9. The molecule has 0 unspecified atom stereocenters. The van der Waals surface area contributed by atoms with Gasteiger partial charge in [0.25, 0.3) is 0 Å². The van der Waals surface area contributed by atoms with Crippen molar-refractivity contribution in [2.45, 2.75) is 107 Å². The molecule has 23 N–H and O–H groups in total. The molecule has 0 aliphatic rings. The lowest BCUT2D eigenvalue weighted by Gasteiger charge is -2.27. The second-order valence-corrected chi connectivity index (χ2v) is 18.2. The molecule has 416 valence electrons. The van der Waals surface area contributed by atoms with E-state index in [4.69, 9.17) is 40.1 Å². The normalized spacial score (nSPS) is 14.1. The molecule has 29 heteroatoms. The second kappa shape index (κ2) is 32.5. The molecule has 0 fully saturated rings. The number of aromatic amines is 1. The Bertz CT molecular complexity index is 2520. The lowest BCUT2D eigenvalue weighted by molar-refractivity contribution is -0.141. The van der Waals surface area contributed by atoms with E-state index in [0.29, 0.717) is 17.5 Å². The second-order valence-electron chi connectivity index (χ2n) is 17.5. The fraction of sp³-hybridized carbons (Fsp3) is 0.468. The molecule has 0 saturated heterocycles. The number of hydrogen-bond donors (Lipinski definition) is 18. The number of H-pyrrole nitrogens is 1. The molecule has 1 heterocycles. The summed E-state index contributed by atoms with van der Waals surface area (Å²) in [5.41, 5.74) is 40.7. The van der Waals surface area contributed by atoms with Crippen LogP contribution >= 0.6 is 25.3 Å². The Balaban J connectivity index is 1.92. The monoisotopic (exact) mass is 1100 g/mol. The van der Waals surface area contributed by atoms with E-state index in [-0.39, 0.29) is 94.0 Å². The van der Waals surface area contributed by atoms with Crippen molar-refractivity contribution < 1.29 is 43.5 Å². The van der Waals surface area contributed by atoms with E-state index in [1.165, 1.54) is 6.92 Å². The molecule has 0 radical (unpaired) electrons. The van der Waals surface area contributed by atoms with E-state index < -0.39 is 95.7 Å². The van der Waals surface area contributed by atoms with Crippen LogP contribution in [0.2, 0.25) is 0 Å². The molecule has 3 aromatic rings. The Morgan fingerprint density at radius 1 is 0.526 bits per heavy atom. The predicted octanol–water partition coefficient (Wildman–Crippen LogP) is -4.20. The van der Waals surface area contributed by atoms with Gasteiger partial charge in [-0.25, -0.2) is 4.79 Å². The van der Waals surface area contributed by atoms with Crippen LogP contribution in [0.25, 0.3) is 10.9 Å². The number of nitrogens with two attached hydrogens (primary N) is 7. The van der Waals surface area contributed by atoms with Crippen molar-refractivity contribution in [1.82, 2.24) is 42.2 Å². The predicted molar refractivity (Wildman–Crippen MR) is 294 cm³/mol. The van der Waals surface area contributed by atoms with Gasteiger partial charge in [0.15, 0.2) is 17.9 Å². The average molecular weight is 1100 g/mol. The van der Waals surface area contributed by atoms with Crippen molar-refractivity contribution in [2.24, 2.45) is 55.1 Å². The van der Waals surface area contributed by atoms with Gasteiger partial charge in [0.1, 0.15) is 42.3 Å². The number of aliphatic carboxylic acids is 1. The van der Waals surface area contributed by atoms with Crippen LogP contribution in [0.4, 0.5) is 0 Å². The van der Waals surface area contributed by atoms with Gasteiger partial charge < -0.3 is 87.4 Å². The maximum Gasteiger partial charge on any atom is 0.327 e. The summed E-state index contributed by atoms with van der Waals surface area (Å²) < 4.78 is 0. The highest BCUT2D eigenvalue weighted by Crippen LogP contribution is 2.20. The number of carboxylic acids is 1. The number of nitrogens with one attached hydrogen (secondary N) is 8. The molecule has 27 nitrogen and oxygen atoms in total. The standard InChI is InChI=1S/C47H72N18O9S2/c1-25(59-43(72)35(23-75)64-38(67)29(48)13-7-17-55-45(49)50)37(66)60-31(15-8-18-56-46(51)52)39(68)62-33(20-26-10-3-2-4-11-26)41(70)61-32(16-9-19-57-47(53)54)40(69)63-34(42(71)65-36(24-76)44(73)74)21-27-22-58-30-14-6-5-12-28(27)30/h2-6,10-12,14,22,25,29,31-36,58,75-76H,7-9,13,15-21,23-24,48H2,1H3,(H,59,72)(H,60,66)(H,61,70)(H,62,68)(H,63,69)(H,64,67)(H,65,71)(H,73,74)(H4,49,50,55)(H4,51,52,56)(H4,53,54,57)/t25-,29+,31+,32-,33-,34-,35+,36+/m1/s1. The zero-order valence-electron chi connectivity index (χ0n) is 42.1. The minimum absolute atomic E-state index is 0.0364. The number of nitrogens with zero attached hydrogens (tertiary/aromatic N) is 3. The third kappa shape index (κ3) is 22.0. The smallest absolute Gasteiger partial charge is 0.327 e. The summed E-state index contributed by atoms with van der Waals surface area (Å²) in [6, 6.07) is 5.33. The molecule has 0 aliphatic carbocycles. The van der Waals surface area contributed by atoms with Gasteiger partial charge in [-0.05, 0) is 62.6 Å². The van der Waals surface area contributed by atoms with Gasteiger partial charge in [-0.1, -0.05) is 48.5 Å². The number of guanidine groups is 3. The molecule has 0 saturated carbocycles. The van der Waals surface area contributed by atoms with Gasteiger partial charge in [0.2, 0.25) is 41.4 Å². The Morgan fingerprint density at radius 2 is 0.947 bits per heavy atom. The van der Waals surface area contributed by atoms with Crippen LogP contribution in [0.15, 0.2) is 75.8 Å². The van der Waals surface area contributed by atoms with E-state index in [1.54, 1.807) is 42.6 Å². The number of aromatic nitrogens is 1. The number of carboxylic acid groups (broad SMARTS) is 1. The van der Waals surface area contributed by atoms with Crippen molar-refractivity contribution in [3.05, 3.63) is 71.9 Å². The van der Waals surface area contributed by atoms with E-state index >= 15 is 0 Å². The van der Waals surface area contributed by atoms with Crippen molar-refractivity contribution in [3.63, 3.8) is 0 Å². The molecule has 3 rings (SSSR count). The number of carbonyl (C=O) groups excluding carboxylic acids is 7. The lowest BCUT2D eigenvalue weighted by atomic mass is 10.0. The number of para-hydroxylation sites is 1. The topological polar surface area (TPSA) is 476 Å². The van der Waals surface area contributed by atoms with Crippen molar-refractivity contribution >= 4 is 101 Å². The van der Waals surface area contributed by atoms with Crippen molar-refractivity contribution in [1.29, 1.82) is 0 Å². The average Bonchev–Trinajstić information content (AvgIpc) is 3.79. The largest absolute Gasteiger partial charge is 0.480 e. The lowest BCUT2D eigenvalue weighted by Crippen LogP contribution is -2.60. The highest BCUT2D eigenvalue weighted by molar-refractivity contribution is 7.80. The number of carbonyl (C=O) groups is 8. The highest BCUT2D eigenvalue weighted by atomic mass is 32.1. The molecule has 0 bridgehead atoms. The summed E-state index contributed by atoms with van der Waals surface area (Å²) in [4.78, 5) is 124. The van der Waals surface area contributed by atoms with Crippen molar-refractivity contribution in [3.8, 4) is 0 Å². The van der Waals surface area contributed by atoms with E-state index in [0.717, 1.165) is 10.9 Å². The summed E-state index contributed by atoms with van der Waals surface area (Å²) in [6.45, 7) is 1.66. The Hall–Kier alpha value is -7.79. The van der Waals surface area contributed by atoms with Crippen LogP contribution in [-0.2, 0) is 51.2 Å². The Kier molecular flexibility index (Phi) is 26.7. The number of benzene rings is 2. The van der Waals surface area contributed by atoms with Gasteiger partial charge in [-0.2, -0.15) is 25.3 Å². The fourth-order valence-electron chi connectivity index (χ4n) is 7.41. The van der Waals surface area contributed by atoms with E-state index in [1.807, 2.05) is 18.2 Å². The number of rotatable bonds is 33. The first-order valence-electron chi connectivity index (χ1n) is 24.2. The maximum atomic E-state index is 14.6. The SMILES string of the molecule is C[C@@H](NC(=O)[C@H](CS)NC(=O)[C@@H](N)CCCN=C(N)N)C(=O)N[C@@H](CCCN=C(N)N)C(=O)N[C@H](Cc1ccccc1)C(=O)N[C@H](CCCN=C(N)N)C(=O)N[C@H](Cc1c[nH]c2ccccc12)C(=O)N[C@@H](CS)C(=O)O. The van der Waals surface area contributed by atoms with Crippen LogP contribution in [0.3, 0.4) is 0 Å².